The Bertz CT molecular complexity index is 352. The Labute approximate surface area is 106 Å². The second-order valence-corrected chi connectivity index (χ2v) is 4.78. The molecule has 0 bridgehead atoms. The maximum Gasteiger partial charge on any atom is 0.265 e. The van der Waals surface area contributed by atoms with Crippen molar-refractivity contribution in [3.05, 3.63) is 16.3 Å². The Morgan fingerprint density at radius 2 is 2.25 bits per heavy atom. The quantitative estimate of drug-likeness (QED) is 0.869. The predicted octanol–water partition coefficient (Wildman–Crippen LogP) is 1.65. The summed E-state index contributed by atoms with van der Waals surface area (Å²) < 4.78 is 5.07. The van der Waals surface area contributed by atoms with Crippen LogP contribution in [0.15, 0.2) is 11.4 Å². The molecule has 16 heavy (non-hydrogen) atoms. The van der Waals surface area contributed by atoms with Crippen LogP contribution in [0.1, 0.15) is 23.5 Å². The Morgan fingerprint density at radius 1 is 1.62 bits per heavy atom. The summed E-state index contributed by atoms with van der Waals surface area (Å²) >= 11 is 1.36. The number of nitrogens with two attached hydrogens (primary N) is 1. The molecule has 6 heteroatoms. The third-order valence-electron chi connectivity index (χ3n) is 2.02. The number of halogens is 1. The van der Waals surface area contributed by atoms with Gasteiger partial charge in [0.2, 0.25) is 0 Å². The zero-order valence-corrected chi connectivity index (χ0v) is 11.2. The van der Waals surface area contributed by atoms with Crippen LogP contribution in [0, 0.1) is 0 Å². The highest BCUT2D eigenvalue weighted by Gasteiger charge is 2.22. The van der Waals surface area contributed by atoms with E-state index in [4.69, 9.17) is 10.5 Å². The lowest BCUT2D eigenvalue weighted by atomic mass is 10.1. The highest BCUT2D eigenvalue weighted by Crippen LogP contribution is 2.24. The van der Waals surface area contributed by atoms with Gasteiger partial charge in [-0.3, -0.25) is 4.79 Å². The minimum Gasteiger partial charge on any atom is -0.495 e. The van der Waals surface area contributed by atoms with E-state index in [0.717, 1.165) is 0 Å². The summed E-state index contributed by atoms with van der Waals surface area (Å²) in [4.78, 5) is 12.4. The molecule has 1 amide bonds. The van der Waals surface area contributed by atoms with Gasteiger partial charge in [0.15, 0.2) is 0 Å². The van der Waals surface area contributed by atoms with Crippen LogP contribution < -0.4 is 15.8 Å². The summed E-state index contributed by atoms with van der Waals surface area (Å²) in [5.41, 5.74) is 5.14. The summed E-state index contributed by atoms with van der Waals surface area (Å²) in [7, 11) is 1.55. The van der Waals surface area contributed by atoms with E-state index in [2.05, 4.69) is 5.32 Å². The number of methoxy groups -OCH3 is 1. The van der Waals surface area contributed by atoms with Crippen LogP contribution in [0.5, 0.6) is 5.75 Å². The SMILES string of the molecule is COc1ccsc1C(=O)NC(C)(C)CN.Cl. The van der Waals surface area contributed by atoms with Crippen LogP contribution in [0.25, 0.3) is 0 Å². The molecule has 4 nitrogen and oxygen atoms in total. The maximum atomic E-state index is 11.8. The summed E-state index contributed by atoms with van der Waals surface area (Å²) in [5.74, 6) is 0.461. The van der Waals surface area contributed by atoms with Gasteiger partial charge in [-0.25, -0.2) is 0 Å². The molecule has 1 aromatic heterocycles. The average molecular weight is 265 g/mol. The molecule has 0 aliphatic rings. The van der Waals surface area contributed by atoms with Crippen molar-refractivity contribution in [3.63, 3.8) is 0 Å². The van der Waals surface area contributed by atoms with E-state index in [0.29, 0.717) is 17.2 Å². The van der Waals surface area contributed by atoms with E-state index in [9.17, 15) is 4.79 Å². The molecule has 0 aromatic carbocycles. The molecule has 0 saturated heterocycles. The third-order valence-corrected chi connectivity index (χ3v) is 2.91. The van der Waals surface area contributed by atoms with Gasteiger partial charge < -0.3 is 15.8 Å². The van der Waals surface area contributed by atoms with E-state index in [1.165, 1.54) is 11.3 Å². The number of carbonyl (C=O) groups excluding carboxylic acids is 1. The Morgan fingerprint density at radius 3 is 2.75 bits per heavy atom. The molecule has 0 fully saturated rings. The zero-order valence-electron chi connectivity index (χ0n) is 9.57. The van der Waals surface area contributed by atoms with Gasteiger partial charge in [-0.15, -0.1) is 23.7 Å². The summed E-state index contributed by atoms with van der Waals surface area (Å²) in [6.45, 7) is 4.16. The molecule has 3 N–H and O–H groups in total. The van der Waals surface area contributed by atoms with Crippen molar-refractivity contribution in [1.82, 2.24) is 5.32 Å². The van der Waals surface area contributed by atoms with Gasteiger partial charge in [0.05, 0.1) is 7.11 Å². The topological polar surface area (TPSA) is 64.3 Å². The van der Waals surface area contributed by atoms with Crippen LogP contribution >= 0.6 is 23.7 Å². The molecule has 0 unspecified atom stereocenters. The molecule has 1 heterocycles. The van der Waals surface area contributed by atoms with Crippen molar-refractivity contribution in [1.29, 1.82) is 0 Å². The largest absolute Gasteiger partial charge is 0.495 e. The van der Waals surface area contributed by atoms with Crippen molar-refractivity contribution >= 4 is 29.7 Å². The lowest BCUT2D eigenvalue weighted by Crippen LogP contribution is -2.48. The Balaban J connectivity index is 0.00000225. The summed E-state index contributed by atoms with van der Waals surface area (Å²) in [5, 5.41) is 4.67. The normalized spacial score (nSPS) is 10.5. The van der Waals surface area contributed by atoms with E-state index >= 15 is 0 Å². The fraction of sp³-hybridized carbons (Fsp3) is 0.500. The van der Waals surface area contributed by atoms with Crippen molar-refractivity contribution in [2.24, 2.45) is 5.73 Å². The van der Waals surface area contributed by atoms with Gasteiger partial charge in [0, 0.05) is 12.1 Å². The van der Waals surface area contributed by atoms with Crippen LogP contribution in [-0.4, -0.2) is 25.1 Å². The van der Waals surface area contributed by atoms with Crippen LogP contribution in [0.4, 0.5) is 0 Å². The van der Waals surface area contributed by atoms with Gasteiger partial charge in [-0.05, 0) is 25.3 Å². The lowest BCUT2D eigenvalue weighted by Gasteiger charge is -2.23. The molecule has 0 radical (unpaired) electrons. The summed E-state index contributed by atoms with van der Waals surface area (Å²) in [6, 6.07) is 1.77. The first-order valence-electron chi connectivity index (χ1n) is 4.64. The number of rotatable bonds is 4. The van der Waals surface area contributed by atoms with E-state index in [-0.39, 0.29) is 18.3 Å². The third kappa shape index (κ3) is 3.66. The summed E-state index contributed by atoms with van der Waals surface area (Å²) in [6.07, 6.45) is 0. The minimum atomic E-state index is -0.397. The van der Waals surface area contributed by atoms with E-state index in [1.807, 2.05) is 19.2 Å². The van der Waals surface area contributed by atoms with Gasteiger partial charge >= 0.3 is 0 Å². The molecule has 0 spiro atoms. The van der Waals surface area contributed by atoms with Crippen LogP contribution in [0.2, 0.25) is 0 Å². The fourth-order valence-electron chi connectivity index (χ4n) is 1.04. The van der Waals surface area contributed by atoms with Gasteiger partial charge in [-0.1, -0.05) is 0 Å². The molecule has 0 aliphatic heterocycles. The number of thiophene rings is 1. The highest BCUT2D eigenvalue weighted by molar-refractivity contribution is 7.12. The molecule has 0 aliphatic carbocycles. The highest BCUT2D eigenvalue weighted by atomic mass is 35.5. The van der Waals surface area contributed by atoms with E-state index < -0.39 is 5.54 Å². The molecule has 1 rings (SSSR count). The van der Waals surface area contributed by atoms with E-state index in [1.54, 1.807) is 13.2 Å². The monoisotopic (exact) mass is 264 g/mol. The number of hydrogen-bond acceptors (Lipinski definition) is 4. The number of ether oxygens (including phenoxy) is 1. The minimum absolute atomic E-state index is 0. The smallest absolute Gasteiger partial charge is 0.265 e. The fourth-order valence-corrected chi connectivity index (χ4v) is 1.79. The first kappa shape index (κ1) is 15.2. The number of nitrogens with one attached hydrogen (secondary N) is 1. The van der Waals surface area contributed by atoms with Crippen molar-refractivity contribution in [2.45, 2.75) is 19.4 Å². The molecular weight excluding hydrogens is 248 g/mol. The zero-order chi connectivity index (χ0) is 11.5. The second kappa shape index (κ2) is 6.08. The van der Waals surface area contributed by atoms with Gasteiger partial charge in [0.1, 0.15) is 10.6 Å². The number of amides is 1. The first-order valence-corrected chi connectivity index (χ1v) is 5.52. The van der Waals surface area contributed by atoms with Crippen LogP contribution in [-0.2, 0) is 0 Å². The second-order valence-electron chi connectivity index (χ2n) is 3.86. The molecule has 1 aromatic rings. The van der Waals surface area contributed by atoms with Crippen molar-refractivity contribution in [3.8, 4) is 5.75 Å². The predicted molar refractivity (Wildman–Crippen MR) is 68.7 cm³/mol. The molecular formula is C10H17ClN2O2S. The standard InChI is InChI=1S/C10H16N2O2S.ClH/c1-10(2,6-11)12-9(13)8-7(14-3)4-5-15-8;/h4-5H,6,11H2,1-3H3,(H,12,13);1H. The number of carbonyl (C=O) groups is 1. The lowest BCUT2D eigenvalue weighted by molar-refractivity contribution is 0.0917. The van der Waals surface area contributed by atoms with Crippen LogP contribution in [0.3, 0.4) is 0 Å². The maximum absolute atomic E-state index is 11.8. The molecule has 0 atom stereocenters. The van der Waals surface area contributed by atoms with Gasteiger partial charge in [-0.2, -0.15) is 0 Å². The Hall–Kier alpha value is -0.780. The van der Waals surface area contributed by atoms with Crippen molar-refractivity contribution < 1.29 is 9.53 Å². The average Bonchev–Trinajstić information content (AvgIpc) is 2.64. The molecule has 92 valence electrons. The number of hydrogen-bond donors (Lipinski definition) is 2. The van der Waals surface area contributed by atoms with Gasteiger partial charge in [0.25, 0.3) is 5.91 Å². The first-order chi connectivity index (χ1) is 7.00. The van der Waals surface area contributed by atoms with Crippen molar-refractivity contribution in [2.75, 3.05) is 13.7 Å². The molecule has 0 saturated carbocycles. The Kier molecular flexibility index (Phi) is 5.78.